The van der Waals surface area contributed by atoms with Gasteiger partial charge in [0.05, 0.1) is 5.92 Å². The van der Waals surface area contributed by atoms with E-state index in [1.165, 1.54) is 5.56 Å². The molecule has 0 saturated carbocycles. The standard InChI is InChI=1S/C11H15N3/c1-8-10(11(12)14(2)13-8)9-6-4-3-5-7-9/h3-8,10,12-13H,1-2H3. The molecule has 1 heterocycles. The molecule has 0 spiro atoms. The zero-order valence-corrected chi connectivity index (χ0v) is 8.49. The molecule has 74 valence electrons. The topological polar surface area (TPSA) is 39.1 Å². The summed E-state index contributed by atoms with van der Waals surface area (Å²) < 4.78 is 0. The van der Waals surface area contributed by atoms with Gasteiger partial charge in [0.15, 0.2) is 0 Å². The van der Waals surface area contributed by atoms with Gasteiger partial charge in [-0.2, -0.15) is 0 Å². The van der Waals surface area contributed by atoms with Crippen LogP contribution in [-0.4, -0.2) is 23.9 Å². The van der Waals surface area contributed by atoms with E-state index in [1.807, 2.05) is 25.2 Å². The summed E-state index contributed by atoms with van der Waals surface area (Å²) in [5.41, 5.74) is 4.43. The Balaban J connectivity index is 2.31. The van der Waals surface area contributed by atoms with Gasteiger partial charge in [-0.25, -0.2) is 5.43 Å². The summed E-state index contributed by atoms with van der Waals surface area (Å²) in [5, 5.41) is 9.74. The minimum absolute atomic E-state index is 0.182. The number of benzene rings is 1. The summed E-state index contributed by atoms with van der Waals surface area (Å²) in [6, 6.07) is 10.5. The third kappa shape index (κ3) is 1.40. The second-order valence-corrected chi connectivity index (χ2v) is 3.75. The van der Waals surface area contributed by atoms with Gasteiger partial charge < -0.3 is 0 Å². The molecule has 1 aromatic carbocycles. The molecule has 1 aliphatic heterocycles. The van der Waals surface area contributed by atoms with Gasteiger partial charge in [-0.15, -0.1) is 0 Å². The van der Waals surface area contributed by atoms with Crippen molar-refractivity contribution < 1.29 is 0 Å². The maximum Gasteiger partial charge on any atom is 0.119 e. The summed E-state index contributed by atoms with van der Waals surface area (Å²) >= 11 is 0. The van der Waals surface area contributed by atoms with E-state index < -0.39 is 0 Å². The maximum absolute atomic E-state index is 7.94. The Kier molecular flexibility index (Phi) is 2.25. The third-order valence-electron chi connectivity index (χ3n) is 2.71. The molecule has 0 bridgehead atoms. The molecular weight excluding hydrogens is 174 g/mol. The molecule has 0 radical (unpaired) electrons. The Labute approximate surface area is 84.2 Å². The molecule has 2 unspecified atom stereocenters. The van der Waals surface area contributed by atoms with Gasteiger partial charge in [0.25, 0.3) is 0 Å². The molecule has 14 heavy (non-hydrogen) atoms. The highest BCUT2D eigenvalue weighted by molar-refractivity contribution is 5.88. The summed E-state index contributed by atoms with van der Waals surface area (Å²) in [4.78, 5) is 0. The van der Waals surface area contributed by atoms with Crippen LogP contribution in [-0.2, 0) is 0 Å². The van der Waals surface area contributed by atoms with E-state index in [1.54, 1.807) is 5.01 Å². The van der Waals surface area contributed by atoms with Gasteiger partial charge in [0.1, 0.15) is 5.84 Å². The van der Waals surface area contributed by atoms with Crippen LogP contribution in [0.3, 0.4) is 0 Å². The van der Waals surface area contributed by atoms with Crippen LogP contribution in [0.25, 0.3) is 0 Å². The average Bonchev–Trinajstić information content (AvgIpc) is 2.43. The zero-order valence-electron chi connectivity index (χ0n) is 8.49. The molecule has 2 atom stereocenters. The van der Waals surface area contributed by atoms with E-state index in [2.05, 4.69) is 24.5 Å². The van der Waals surface area contributed by atoms with E-state index in [0.717, 1.165) is 0 Å². The van der Waals surface area contributed by atoms with Crippen molar-refractivity contribution in [2.45, 2.75) is 18.9 Å². The molecule has 1 aliphatic rings. The molecule has 1 fully saturated rings. The molecule has 2 rings (SSSR count). The lowest BCUT2D eigenvalue weighted by Gasteiger charge is -2.13. The van der Waals surface area contributed by atoms with Gasteiger partial charge in [0, 0.05) is 13.1 Å². The van der Waals surface area contributed by atoms with Crippen LogP contribution in [0, 0.1) is 5.41 Å². The van der Waals surface area contributed by atoms with Crippen molar-refractivity contribution in [2.24, 2.45) is 0 Å². The predicted molar refractivity (Wildman–Crippen MR) is 57.3 cm³/mol. The largest absolute Gasteiger partial charge is 0.298 e. The Morgan fingerprint density at radius 2 is 1.93 bits per heavy atom. The first-order valence-corrected chi connectivity index (χ1v) is 4.83. The molecule has 3 heteroatoms. The fourth-order valence-corrected chi connectivity index (χ4v) is 2.00. The molecule has 0 amide bonds. The zero-order chi connectivity index (χ0) is 10.1. The summed E-state index contributed by atoms with van der Waals surface area (Å²) in [6.07, 6.45) is 0. The molecule has 0 aliphatic carbocycles. The van der Waals surface area contributed by atoms with E-state index in [0.29, 0.717) is 11.9 Å². The van der Waals surface area contributed by atoms with Crippen molar-refractivity contribution in [3.05, 3.63) is 35.9 Å². The SMILES string of the molecule is CC1NN(C)C(=N)C1c1ccccc1. The first-order valence-electron chi connectivity index (χ1n) is 4.83. The van der Waals surface area contributed by atoms with Gasteiger partial charge in [-0.05, 0) is 12.5 Å². The molecule has 0 aromatic heterocycles. The van der Waals surface area contributed by atoms with Gasteiger partial charge in [0.2, 0.25) is 0 Å². The van der Waals surface area contributed by atoms with Crippen molar-refractivity contribution >= 4 is 5.84 Å². The van der Waals surface area contributed by atoms with Crippen LogP contribution < -0.4 is 5.43 Å². The lowest BCUT2D eigenvalue weighted by atomic mass is 9.93. The van der Waals surface area contributed by atoms with Gasteiger partial charge >= 0.3 is 0 Å². The number of hydrogen-bond acceptors (Lipinski definition) is 2. The maximum atomic E-state index is 7.94. The number of likely N-dealkylation sites (N-methyl/N-ethyl adjacent to an activating group) is 1. The first-order chi connectivity index (χ1) is 6.70. The number of nitrogens with zero attached hydrogens (tertiary/aromatic N) is 1. The summed E-state index contributed by atoms with van der Waals surface area (Å²) in [7, 11) is 1.89. The van der Waals surface area contributed by atoms with Crippen LogP contribution >= 0.6 is 0 Å². The van der Waals surface area contributed by atoms with Crippen molar-refractivity contribution in [3.63, 3.8) is 0 Å². The predicted octanol–water partition coefficient (Wildman–Crippen LogP) is 1.59. The van der Waals surface area contributed by atoms with Crippen LogP contribution in [0.1, 0.15) is 18.4 Å². The number of hydrazine groups is 1. The minimum Gasteiger partial charge on any atom is -0.298 e. The molecular formula is C11H15N3. The van der Waals surface area contributed by atoms with Crippen LogP contribution in [0.15, 0.2) is 30.3 Å². The number of hydrogen-bond donors (Lipinski definition) is 2. The average molecular weight is 189 g/mol. The fourth-order valence-electron chi connectivity index (χ4n) is 2.00. The Morgan fingerprint density at radius 3 is 2.43 bits per heavy atom. The molecule has 1 aromatic rings. The lowest BCUT2D eigenvalue weighted by molar-refractivity contribution is 0.368. The second-order valence-electron chi connectivity index (χ2n) is 3.75. The second kappa shape index (κ2) is 3.42. The van der Waals surface area contributed by atoms with Crippen LogP contribution in [0.2, 0.25) is 0 Å². The van der Waals surface area contributed by atoms with Crippen molar-refractivity contribution in [1.29, 1.82) is 5.41 Å². The highest BCUT2D eigenvalue weighted by Gasteiger charge is 2.33. The smallest absolute Gasteiger partial charge is 0.119 e. The molecule has 1 saturated heterocycles. The van der Waals surface area contributed by atoms with E-state index in [4.69, 9.17) is 5.41 Å². The van der Waals surface area contributed by atoms with Crippen molar-refractivity contribution in [3.8, 4) is 0 Å². The van der Waals surface area contributed by atoms with Crippen molar-refractivity contribution in [2.75, 3.05) is 7.05 Å². The normalized spacial score (nSPS) is 27.0. The van der Waals surface area contributed by atoms with Crippen molar-refractivity contribution in [1.82, 2.24) is 10.4 Å². The van der Waals surface area contributed by atoms with Gasteiger partial charge in [-0.1, -0.05) is 30.3 Å². The van der Waals surface area contributed by atoms with E-state index in [-0.39, 0.29) is 5.92 Å². The third-order valence-corrected chi connectivity index (χ3v) is 2.71. The fraction of sp³-hybridized carbons (Fsp3) is 0.364. The quantitative estimate of drug-likeness (QED) is 0.704. The number of rotatable bonds is 1. The Bertz CT molecular complexity index is 334. The summed E-state index contributed by atoms with van der Waals surface area (Å²) in [5.74, 6) is 0.824. The number of amidine groups is 1. The highest BCUT2D eigenvalue weighted by Crippen LogP contribution is 2.26. The van der Waals surface area contributed by atoms with Crippen LogP contribution in [0.5, 0.6) is 0 Å². The van der Waals surface area contributed by atoms with E-state index in [9.17, 15) is 0 Å². The molecule has 3 nitrogen and oxygen atoms in total. The summed E-state index contributed by atoms with van der Waals surface area (Å²) in [6.45, 7) is 2.11. The monoisotopic (exact) mass is 189 g/mol. The minimum atomic E-state index is 0.182. The number of nitrogens with one attached hydrogen (secondary N) is 2. The van der Waals surface area contributed by atoms with Crippen LogP contribution in [0.4, 0.5) is 0 Å². The Hall–Kier alpha value is -1.35. The Morgan fingerprint density at radius 1 is 1.29 bits per heavy atom. The van der Waals surface area contributed by atoms with E-state index >= 15 is 0 Å². The molecule has 2 N–H and O–H groups in total. The first kappa shape index (κ1) is 9.21. The van der Waals surface area contributed by atoms with Gasteiger partial charge in [-0.3, -0.25) is 10.4 Å². The lowest BCUT2D eigenvalue weighted by Crippen LogP contribution is -2.32. The highest BCUT2D eigenvalue weighted by atomic mass is 15.5.